The van der Waals surface area contributed by atoms with Crippen molar-refractivity contribution in [2.75, 3.05) is 5.32 Å². The molecule has 13 heteroatoms. The van der Waals surface area contributed by atoms with Gasteiger partial charge in [0, 0.05) is 19.4 Å². The molecule has 1 atom stereocenters. The minimum absolute atomic E-state index is 0.0704. The van der Waals surface area contributed by atoms with Crippen LogP contribution in [0.3, 0.4) is 0 Å². The summed E-state index contributed by atoms with van der Waals surface area (Å²) in [5, 5.41) is 10.7. The molecule has 1 N–H and O–H groups in total. The van der Waals surface area contributed by atoms with Crippen LogP contribution in [0.15, 0.2) is 61.1 Å². The Labute approximate surface area is 200 Å². The third-order valence-electron chi connectivity index (χ3n) is 5.43. The molecule has 188 valence electrons. The topological polar surface area (TPSA) is 77.6 Å². The molecule has 0 fully saturated rings. The zero-order valence-corrected chi connectivity index (χ0v) is 18.8. The molecule has 1 unspecified atom stereocenters. The summed E-state index contributed by atoms with van der Waals surface area (Å²) in [4.78, 5) is 16.9. The number of aryl methyl sites for hydroxylation is 1. The van der Waals surface area contributed by atoms with Gasteiger partial charge < -0.3 is 5.32 Å². The number of rotatable bonds is 5. The van der Waals surface area contributed by atoms with Crippen molar-refractivity contribution in [2.45, 2.75) is 25.3 Å². The Kier molecular flexibility index (Phi) is 6.33. The fraction of sp³-hybridized carbons (Fsp3) is 0.217. The van der Waals surface area contributed by atoms with E-state index < -0.39 is 41.0 Å². The van der Waals surface area contributed by atoms with Gasteiger partial charge in [-0.25, -0.2) is 0 Å². The minimum Gasteiger partial charge on any atom is -0.318 e. The average Bonchev–Trinajstić information content (AvgIpc) is 3.44. The Morgan fingerprint density at radius 3 is 2.42 bits per heavy atom. The molecule has 7 nitrogen and oxygen atoms in total. The van der Waals surface area contributed by atoms with E-state index in [1.54, 1.807) is 31.4 Å². The van der Waals surface area contributed by atoms with E-state index in [2.05, 4.69) is 20.5 Å². The van der Waals surface area contributed by atoms with Gasteiger partial charge in [-0.3, -0.25) is 19.1 Å². The maximum Gasteiger partial charge on any atom is 0.416 e. The number of pyridine rings is 1. The Bertz CT molecular complexity index is 1390. The highest BCUT2D eigenvalue weighted by Crippen LogP contribution is 2.39. The first kappa shape index (κ1) is 24.9. The number of hydrogen-bond donors (Lipinski definition) is 1. The van der Waals surface area contributed by atoms with Crippen LogP contribution in [0.4, 0.5) is 32.0 Å². The summed E-state index contributed by atoms with van der Waals surface area (Å²) in [7, 11) is 1.64. The van der Waals surface area contributed by atoms with Crippen molar-refractivity contribution in [2.24, 2.45) is 7.05 Å². The zero-order chi connectivity index (χ0) is 26.3. The number of benzene rings is 1. The van der Waals surface area contributed by atoms with Gasteiger partial charge in [-0.2, -0.15) is 36.5 Å². The lowest BCUT2D eigenvalue weighted by Gasteiger charge is -2.20. The quantitative estimate of drug-likeness (QED) is 0.357. The fourth-order valence-electron chi connectivity index (χ4n) is 3.63. The number of aromatic nitrogens is 5. The largest absolute Gasteiger partial charge is 0.416 e. The van der Waals surface area contributed by atoms with E-state index in [0.29, 0.717) is 17.5 Å². The summed E-state index contributed by atoms with van der Waals surface area (Å²) in [6.07, 6.45) is -5.85. The first-order valence-electron chi connectivity index (χ1n) is 10.4. The van der Waals surface area contributed by atoms with Crippen molar-refractivity contribution in [1.82, 2.24) is 24.5 Å². The molecule has 0 saturated heterocycles. The Morgan fingerprint density at radius 1 is 1.03 bits per heavy atom. The Morgan fingerprint density at radius 2 is 1.78 bits per heavy atom. The highest BCUT2D eigenvalue weighted by Gasteiger charge is 2.39. The molecule has 0 aliphatic heterocycles. The molecule has 3 heterocycles. The Balaban J connectivity index is 1.56. The molecule has 4 aromatic rings. The Hall–Kier alpha value is -4.16. The van der Waals surface area contributed by atoms with Crippen molar-refractivity contribution < 1.29 is 31.1 Å². The second-order valence-corrected chi connectivity index (χ2v) is 7.89. The molecule has 0 radical (unpaired) electrons. The van der Waals surface area contributed by atoms with E-state index in [9.17, 15) is 31.1 Å². The van der Waals surface area contributed by atoms with Crippen LogP contribution in [0, 0.1) is 0 Å². The summed E-state index contributed by atoms with van der Waals surface area (Å²) in [5.74, 6) is -0.592. The number of hydrogen-bond acceptors (Lipinski definition) is 4. The normalized spacial score (nSPS) is 13.0. The summed E-state index contributed by atoms with van der Waals surface area (Å²) < 4.78 is 82.1. The van der Waals surface area contributed by atoms with Gasteiger partial charge in [0.25, 0.3) is 5.91 Å². The molecule has 36 heavy (non-hydrogen) atoms. The summed E-state index contributed by atoms with van der Waals surface area (Å²) in [6.45, 7) is 1.36. The van der Waals surface area contributed by atoms with Crippen LogP contribution in [0.25, 0.3) is 11.4 Å². The number of amides is 1. The SMILES string of the molecule is CC(c1ccc(C(F)(F)F)cc1C(F)(F)F)n1cc(NC(=O)c2cc(-c3ccccn3)n(C)n2)cn1. The van der Waals surface area contributed by atoms with E-state index in [1.807, 2.05) is 0 Å². The fourth-order valence-corrected chi connectivity index (χ4v) is 3.63. The van der Waals surface area contributed by atoms with Crippen molar-refractivity contribution in [3.05, 3.63) is 83.4 Å². The molecule has 1 aromatic carbocycles. The van der Waals surface area contributed by atoms with Crippen LogP contribution < -0.4 is 5.32 Å². The molecule has 0 aliphatic rings. The van der Waals surface area contributed by atoms with Crippen LogP contribution in [-0.2, 0) is 19.4 Å². The van der Waals surface area contributed by atoms with Crippen LogP contribution in [-0.4, -0.2) is 30.5 Å². The summed E-state index contributed by atoms with van der Waals surface area (Å²) in [5.41, 5.74) is -1.79. The van der Waals surface area contributed by atoms with Gasteiger partial charge >= 0.3 is 12.4 Å². The van der Waals surface area contributed by atoms with Crippen LogP contribution >= 0.6 is 0 Å². The van der Waals surface area contributed by atoms with Crippen LogP contribution in [0.1, 0.15) is 40.1 Å². The number of carbonyl (C=O) groups excluding carboxylic acids is 1. The average molecular weight is 508 g/mol. The predicted octanol–water partition coefficient (Wildman–Crippen LogP) is 5.58. The standard InChI is InChI=1S/C23H18F6N6O/c1-13(16-7-6-14(22(24,25)26)9-17(16)23(27,28)29)35-12-15(11-31-35)32-21(36)19-10-20(34(2)33-19)18-5-3-4-8-30-18/h3-13H,1-2H3,(H,32,36). The van der Waals surface area contributed by atoms with Gasteiger partial charge in [-0.1, -0.05) is 12.1 Å². The summed E-state index contributed by atoms with van der Waals surface area (Å²) in [6, 6.07) is 7.18. The number of nitrogens with zero attached hydrogens (tertiary/aromatic N) is 5. The molecule has 0 aliphatic carbocycles. The van der Waals surface area contributed by atoms with Gasteiger partial charge in [0.2, 0.25) is 0 Å². The maximum atomic E-state index is 13.5. The molecule has 0 spiro atoms. The second kappa shape index (κ2) is 9.13. The predicted molar refractivity (Wildman–Crippen MR) is 117 cm³/mol. The molecular weight excluding hydrogens is 490 g/mol. The van der Waals surface area contributed by atoms with Gasteiger partial charge in [-0.05, 0) is 42.8 Å². The van der Waals surface area contributed by atoms with E-state index >= 15 is 0 Å². The smallest absolute Gasteiger partial charge is 0.318 e. The number of nitrogens with one attached hydrogen (secondary N) is 1. The third kappa shape index (κ3) is 5.09. The van der Waals surface area contributed by atoms with Crippen molar-refractivity contribution in [1.29, 1.82) is 0 Å². The van der Waals surface area contributed by atoms with Gasteiger partial charge in [-0.15, -0.1) is 0 Å². The minimum atomic E-state index is -5.01. The summed E-state index contributed by atoms with van der Waals surface area (Å²) >= 11 is 0. The molecule has 4 rings (SSSR count). The monoisotopic (exact) mass is 508 g/mol. The highest BCUT2D eigenvalue weighted by molar-refractivity contribution is 6.03. The lowest BCUT2D eigenvalue weighted by molar-refractivity contribution is -0.143. The van der Waals surface area contributed by atoms with Crippen molar-refractivity contribution in [3.8, 4) is 11.4 Å². The zero-order valence-electron chi connectivity index (χ0n) is 18.8. The first-order valence-corrected chi connectivity index (χ1v) is 10.4. The number of alkyl halides is 6. The van der Waals surface area contributed by atoms with Gasteiger partial charge in [0.1, 0.15) is 0 Å². The molecule has 0 saturated carbocycles. The highest BCUT2D eigenvalue weighted by atomic mass is 19.4. The molecular formula is C23H18F6N6O. The first-order chi connectivity index (χ1) is 16.8. The molecule has 3 aromatic heterocycles. The third-order valence-corrected chi connectivity index (χ3v) is 5.43. The molecule has 1 amide bonds. The number of carbonyl (C=O) groups is 1. The van der Waals surface area contributed by atoms with E-state index in [4.69, 9.17) is 0 Å². The maximum absolute atomic E-state index is 13.5. The molecule has 0 bridgehead atoms. The van der Waals surface area contributed by atoms with Crippen LogP contribution in [0.2, 0.25) is 0 Å². The lowest BCUT2D eigenvalue weighted by atomic mass is 9.98. The van der Waals surface area contributed by atoms with Gasteiger partial charge in [0.05, 0.1) is 40.4 Å². The van der Waals surface area contributed by atoms with Crippen molar-refractivity contribution in [3.63, 3.8) is 0 Å². The van der Waals surface area contributed by atoms with E-state index in [-0.39, 0.29) is 17.4 Å². The number of halogens is 6. The van der Waals surface area contributed by atoms with Gasteiger partial charge in [0.15, 0.2) is 5.69 Å². The number of anilines is 1. The van der Waals surface area contributed by atoms with Crippen LogP contribution in [0.5, 0.6) is 0 Å². The second-order valence-electron chi connectivity index (χ2n) is 7.89. The van der Waals surface area contributed by atoms with E-state index in [0.717, 1.165) is 10.7 Å². The lowest BCUT2D eigenvalue weighted by Crippen LogP contribution is -2.18. The van der Waals surface area contributed by atoms with Crippen molar-refractivity contribution >= 4 is 11.6 Å². The van der Waals surface area contributed by atoms with E-state index in [1.165, 1.54) is 30.1 Å².